The second kappa shape index (κ2) is 10.2. The second-order valence-electron chi connectivity index (χ2n) is 7.09. The molecule has 1 aliphatic rings. The molecule has 3 rings (SSSR count). The molecule has 2 aromatic rings. The van der Waals surface area contributed by atoms with Crippen LogP contribution in [-0.2, 0) is 4.79 Å². The molecule has 32 heavy (non-hydrogen) atoms. The van der Waals surface area contributed by atoms with E-state index in [1.807, 2.05) is 0 Å². The Morgan fingerprint density at radius 1 is 0.938 bits per heavy atom. The predicted molar refractivity (Wildman–Crippen MR) is 115 cm³/mol. The monoisotopic (exact) mass is 484 g/mol. The Bertz CT molecular complexity index is 1030. The van der Waals surface area contributed by atoms with Crippen molar-refractivity contribution in [2.24, 2.45) is 5.73 Å². The first-order valence-corrected chi connectivity index (χ1v) is 10.5. The summed E-state index contributed by atoms with van der Waals surface area (Å²) < 4.78 is 27.4. The summed E-state index contributed by atoms with van der Waals surface area (Å²) in [5.74, 6) is -3.85. The van der Waals surface area contributed by atoms with Crippen LogP contribution in [-0.4, -0.2) is 59.9 Å². The molecular formula is C21H20Cl2F2N4O3. The van der Waals surface area contributed by atoms with E-state index < -0.39 is 35.5 Å². The van der Waals surface area contributed by atoms with Gasteiger partial charge >= 0.3 is 0 Å². The van der Waals surface area contributed by atoms with Crippen LogP contribution in [0.3, 0.4) is 0 Å². The van der Waals surface area contributed by atoms with Gasteiger partial charge in [0.2, 0.25) is 0 Å². The zero-order chi connectivity index (χ0) is 23.4. The Kier molecular flexibility index (Phi) is 7.65. The van der Waals surface area contributed by atoms with E-state index in [9.17, 15) is 23.2 Å². The summed E-state index contributed by atoms with van der Waals surface area (Å²) in [6.45, 7) is 0.521. The molecule has 11 heteroatoms. The molecule has 3 amide bonds. The Morgan fingerprint density at radius 3 is 2.09 bits per heavy atom. The zero-order valence-electron chi connectivity index (χ0n) is 16.8. The van der Waals surface area contributed by atoms with Gasteiger partial charge in [-0.05, 0) is 36.8 Å². The summed E-state index contributed by atoms with van der Waals surface area (Å²) in [7, 11) is 0. The standard InChI is InChI=1S/C21H20Cl2F2N4O3/c22-16-3-2-12(10-17(16)23)20(31)28-6-1-7-29(19(28)18(30)27-5-4-26)21(32)13-8-14(24)11-15(25)9-13/h2-3,8-11,19H,1,4-7,26H2,(H,27,30). The fraction of sp³-hybridized carbons (Fsp3) is 0.286. The average molecular weight is 485 g/mol. The maximum atomic E-state index is 13.7. The molecule has 1 fully saturated rings. The van der Waals surface area contributed by atoms with Crippen molar-refractivity contribution in [1.29, 1.82) is 0 Å². The molecule has 0 saturated carbocycles. The van der Waals surface area contributed by atoms with E-state index >= 15 is 0 Å². The molecule has 0 aliphatic carbocycles. The van der Waals surface area contributed by atoms with E-state index in [-0.39, 0.29) is 47.4 Å². The Balaban J connectivity index is 1.98. The summed E-state index contributed by atoms with van der Waals surface area (Å²) in [5, 5.41) is 2.98. The fourth-order valence-corrected chi connectivity index (χ4v) is 3.76. The third kappa shape index (κ3) is 5.17. The van der Waals surface area contributed by atoms with Gasteiger partial charge in [0.25, 0.3) is 17.7 Å². The lowest BCUT2D eigenvalue weighted by Gasteiger charge is -2.42. The number of carbonyl (C=O) groups excluding carboxylic acids is 3. The van der Waals surface area contributed by atoms with Crippen molar-refractivity contribution in [3.8, 4) is 0 Å². The minimum absolute atomic E-state index is 0.100. The van der Waals surface area contributed by atoms with Crippen LogP contribution in [0.5, 0.6) is 0 Å². The van der Waals surface area contributed by atoms with Gasteiger partial charge in [0.05, 0.1) is 10.0 Å². The number of amides is 3. The normalized spacial score (nSPS) is 16.1. The zero-order valence-corrected chi connectivity index (χ0v) is 18.3. The highest BCUT2D eigenvalue weighted by Crippen LogP contribution is 2.26. The Hall–Kier alpha value is -2.75. The van der Waals surface area contributed by atoms with Crippen LogP contribution in [0.2, 0.25) is 10.0 Å². The second-order valence-corrected chi connectivity index (χ2v) is 7.91. The molecule has 7 nitrogen and oxygen atoms in total. The minimum Gasteiger partial charge on any atom is -0.351 e. The van der Waals surface area contributed by atoms with Gasteiger partial charge in [-0.1, -0.05) is 23.2 Å². The molecule has 0 bridgehead atoms. The molecule has 0 aromatic heterocycles. The van der Waals surface area contributed by atoms with Gasteiger partial charge in [-0.25, -0.2) is 8.78 Å². The quantitative estimate of drug-likeness (QED) is 0.681. The lowest BCUT2D eigenvalue weighted by atomic mass is 10.1. The molecule has 1 saturated heterocycles. The van der Waals surface area contributed by atoms with Crippen LogP contribution in [0.25, 0.3) is 0 Å². The summed E-state index contributed by atoms with van der Waals surface area (Å²) in [4.78, 5) is 41.6. The van der Waals surface area contributed by atoms with Crippen LogP contribution >= 0.6 is 23.2 Å². The maximum Gasteiger partial charge on any atom is 0.263 e. The largest absolute Gasteiger partial charge is 0.351 e. The van der Waals surface area contributed by atoms with E-state index in [1.54, 1.807) is 0 Å². The minimum atomic E-state index is -1.35. The van der Waals surface area contributed by atoms with E-state index in [0.29, 0.717) is 12.5 Å². The van der Waals surface area contributed by atoms with Crippen LogP contribution in [0.1, 0.15) is 27.1 Å². The lowest BCUT2D eigenvalue weighted by molar-refractivity contribution is -0.132. The van der Waals surface area contributed by atoms with Crippen LogP contribution in [0.4, 0.5) is 8.78 Å². The molecule has 0 radical (unpaired) electrons. The summed E-state index contributed by atoms with van der Waals surface area (Å²) in [6.07, 6.45) is -1.01. The average Bonchev–Trinajstić information content (AvgIpc) is 2.77. The summed E-state index contributed by atoms with van der Waals surface area (Å²) >= 11 is 11.9. The molecule has 2 aromatic carbocycles. The number of nitrogens with zero attached hydrogens (tertiary/aromatic N) is 2. The molecule has 1 atom stereocenters. The highest BCUT2D eigenvalue weighted by Gasteiger charge is 2.40. The Labute approximate surface area is 193 Å². The first-order chi connectivity index (χ1) is 15.2. The smallest absolute Gasteiger partial charge is 0.263 e. The third-order valence-electron chi connectivity index (χ3n) is 4.86. The number of rotatable bonds is 5. The van der Waals surface area contributed by atoms with Gasteiger partial charge in [-0.2, -0.15) is 0 Å². The topological polar surface area (TPSA) is 95.7 Å². The number of hydrogen-bond donors (Lipinski definition) is 2. The van der Waals surface area contributed by atoms with E-state index in [4.69, 9.17) is 28.9 Å². The van der Waals surface area contributed by atoms with Crippen molar-refractivity contribution in [3.05, 3.63) is 69.2 Å². The van der Waals surface area contributed by atoms with Gasteiger partial charge in [-0.15, -0.1) is 0 Å². The summed E-state index contributed by atoms with van der Waals surface area (Å²) in [6, 6.07) is 6.65. The van der Waals surface area contributed by atoms with Crippen LogP contribution in [0, 0.1) is 11.6 Å². The Morgan fingerprint density at radius 2 is 1.53 bits per heavy atom. The number of benzene rings is 2. The van der Waals surface area contributed by atoms with E-state index in [2.05, 4.69) is 5.32 Å². The summed E-state index contributed by atoms with van der Waals surface area (Å²) in [5.41, 5.74) is 5.35. The van der Waals surface area contributed by atoms with Gasteiger partial charge in [0.1, 0.15) is 11.6 Å². The number of nitrogens with two attached hydrogens (primary N) is 1. The SMILES string of the molecule is NCCNC(=O)C1N(C(=O)c2cc(F)cc(F)c2)CCCN1C(=O)c1ccc(Cl)c(Cl)c1. The molecule has 170 valence electrons. The van der Waals surface area contributed by atoms with Gasteiger partial charge in [-0.3, -0.25) is 14.4 Å². The highest BCUT2D eigenvalue weighted by molar-refractivity contribution is 6.42. The number of halogens is 4. The van der Waals surface area contributed by atoms with Crippen molar-refractivity contribution >= 4 is 40.9 Å². The van der Waals surface area contributed by atoms with E-state index in [1.165, 1.54) is 23.1 Å². The molecule has 0 spiro atoms. The first kappa shape index (κ1) is 23.9. The van der Waals surface area contributed by atoms with Crippen molar-refractivity contribution in [3.63, 3.8) is 0 Å². The highest BCUT2D eigenvalue weighted by atomic mass is 35.5. The molecule has 1 unspecified atom stereocenters. The molecule has 3 N–H and O–H groups in total. The maximum absolute atomic E-state index is 13.7. The van der Waals surface area contributed by atoms with Gasteiger partial charge in [0.15, 0.2) is 6.17 Å². The molecular weight excluding hydrogens is 465 g/mol. The molecule has 1 heterocycles. The van der Waals surface area contributed by atoms with Gasteiger partial charge in [0, 0.05) is 43.4 Å². The van der Waals surface area contributed by atoms with Gasteiger partial charge < -0.3 is 20.9 Å². The van der Waals surface area contributed by atoms with Crippen molar-refractivity contribution in [2.75, 3.05) is 26.2 Å². The van der Waals surface area contributed by atoms with Crippen LogP contribution < -0.4 is 11.1 Å². The third-order valence-corrected chi connectivity index (χ3v) is 5.60. The molecule has 1 aliphatic heterocycles. The van der Waals surface area contributed by atoms with Crippen molar-refractivity contribution in [2.45, 2.75) is 12.6 Å². The van der Waals surface area contributed by atoms with E-state index in [0.717, 1.165) is 17.0 Å². The number of carbonyl (C=O) groups is 3. The van der Waals surface area contributed by atoms with Crippen molar-refractivity contribution < 1.29 is 23.2 Å². The lowest BCUT2D eigenvalue weighted by Crippen LogP contribution is -2.63. The van der Waals surface area contributed by atoms with Crippen molar-refractivity contribution in [1.82, 2.24) is 15.1 Å². The predicted octanol–water partition coefficient (Wildman–Crippen LogP) is 2.66. The number of nitrogens with one attached hydrogen (secondary N) is 1. The number of hydrogen-bond acceptors (Lipinski definition) is 4. The first-order valence-electron chi connectivity index (χ1n) is 9.73. The fourth-order valence-electron chi connectivity index (χ4n) is 3.46. The van der Waals surface area contributed by atoms with Crippen LogP contribution in [0.15, 0.2) is 36.4 Å².